The van der Waals surface area contributed by atoms with Gasteiger partial charge in [-0.25, -0.2) is 9.78 Å². The molecule has 2 aromatic rings. The number of amides is 7. The van der Waals surface area contributed by atoms with Gasteiger partial charge in [0, 0.05) is 68.3 Å². The second-order valence-corrected chi connectivity index (χ2v) is 24.9. The van der Waals surface area contributed by atoms with Crippen LogP contribution in [-0.2, 0) is 49.5 Å². The van der Waals surface area contributed by atoms with Crippen LogP contribution in [0.25, 0.3) is 0 Å². The highest BCUT2D eigenvalue weighted by molar-refractivity contribution is 7.09. The Labute approximate surface area is 500 Å². The molecule has 2 aliphatic rings. The van der Waals surface area contributed by atoms with E-state index in [1.165, 1.54) is 24.0 Å². The summed E-state index contributed by atoms with van der Waals surface area (Å²) in [5.74, 6) is -4.47. The molecule has 2 aliphatic heterocycles. The number of ether oxygens (including phenoxy) is 2. The Morgan fingerprint density at radius 2 is 1.57 bits per heavy atom. The number of imide groups is 1. The molecule has 10 atom stereocenters. The smallest absolute Gasteiger partial charge is 0.407 e. The van der Waals surface area contributed by atoms with Crippen molar-refractivity contribution in [3.05, 3.63) is 58.1 Å². The molecule has 4 rings (SSSR count). The van der Waals surface area contributed by atoms with E-state index >= 15 is 0 Å². The number of benzene rings is 1. The van der Waals surface area contributed by atoms with E-state index in [2.05, 4.69) is 38.5 Å². The molecule has 3 heterocycles. The summed E-state index contributed by atoms with van der Waals surface area (Å²) in [6, 6.07) is 3.77. The molecule has 1 fully saturated rings. The molecule has 22 nitrogen and oxygen atoms in total. The van der Waals surface area contributed by atoms with Gasteiger partial charge >= 0.3 is 18.0 Å². The standard InChI is InChI=1S/C61H95N9O13S/c1-13-39(6)53(67-56(77)48-32-38(5)28-31-68(48)12)58(78)69(14-2)47(37(3)4)35-49(82-41(8)71)57-66-46(36-84-57)55(76)64-44(33-40(7)59(79)80)34-42-22-24-43(25-23-42)63-54(75)45(20-17-18-29-62-60(81)83-61(9,10)11)65-50(72)21-16-15-19-30-70-51(73)26-27-52(70)74/h22-27,36-40,44-45,47-50,53,65,72H,13-21,28-35H2,1-12H3,(H,62,81)(H,63,75)(H,64,76)(H,67,77)(H,79,80)/t38-,39+,40+,44-,45+,47-,48-,49-,50?,53+/m1/s1. The number of hydrogen-bond acceptors (Lipinski definition) is 16. The number of unbranched alkanes of at least 4 members (excludes halogenated alkanes) is 3. The van der Waals surface area contributed by atoms with Gasteiger partial charge in [-0.3, -0.25) is 53.5 Å². The molecule has 84 heavy (non-hydrogen) atoms. The lowest BCUT2D eigenvalue weighted by Gasteiger charge is -2.40. The highest BCUT2D eigenvalue weighted by Gasteiger charge is 2.39. The molecule has 0 bridgehead atoms. The number of esters is 1. The van der Waals surface area contributed by atoms with Crippen molar-refractivity contribution in [1.82, 2.24) is 41.0 Å². The number of aromatic nitrogens is 1. The van der Waals surface area contributed by atoms with E-state index in [4.69, 9.17) is 9.47 Å². The highest BCUT2D eigenvalue weighted by atomic mass is 32.1. The summed E-state index contributed by atoms with van der Waals surface area (Å²) in [5.41, 5.74) is 0.539. The molecule has 1 aromatic heterocycles. The van der Waals surface area contributed by atoms with Crippen LogP contribution in [0.3, 0.4) is 0 Å². The Kier molecular flexibility index (Phi) is 28.4. The first-order chi connectivity index (χ1) is 39.6. The fourth-order valence-electron chi connectivity index (χ4n) is 10.4. The van der Waals surface area contributed by atoms with Crippen molar-refractivity contribution in [3.8, 4) is 0 Å². The Bertz CT molecular complexity index is 2530. The number of aliphatic hydroxyl groups excluding tert-OH is 1. The molecule has 0 aliphatic carbocycles. The van der Waals surface area contributed by atoms with Gasteiger partial charge in [0.25, 0.3) is 17.7 Å². The summed E-state index contributed by atoms with van der Waals surface area (Å²) in [4.78, 5) is 127. The number of hydrogen-bond donors (Lipinski definition) is 7. The first kappa shape index (κ1) is 70.2. The van der Waals surface area contributed by atoms with E-state index in [0.717, 1.165) is 29.9 Å². The van der Waals surface area contributed by atoms with Crippen molar-refractivity contribution >= 4 is 70.5 Å². The maximum Gasteiger partial charge on any atom is 0.407 e. The van der Waals surface area contributed by atoms with Crippen LogP contribution < -0.4 is 26.6 Å². The number of anilines is 1. The van der Waals surface area contributed by atoms with Crippen LogP contribution >= 0.6 is 11.3 Å². The number of thiazole rings is 1. The SMILES string of the molecule is CC[C@H](C)[C@H](NC(=O)[C@H]1C[C@H](C)CCN1C)C(=O)N(CC)[C@H](C[C@@H](OC(C)=O)c1nc(C(=O)N[C@@H](Cc2ccc(NC(=O)[C@H](CCCCNC(=O)OC(C)(C)C)NC(O)CCCCCN3C(=O)C=CC3=O)cc2)C[C@H](C)C(=O)O)cs1)C(C)C. The number of aliphatic carboxylic acids is 1. The summed E-state index contributed by atoms with van der Waals surface area (Å²) >= 11 is 1.12. The van der Waals surface area contributed by atoms with Gasteiger partial charge in [-0.05, 0) is 141 Å². The van der Waals surface area contributed by atoms with Gasteiger partial charge in [0.2, 0.25) is 17.7 Å². The van der Waals surface area contributed by atoms with E-state index in [1.54, 1.807) is 62.2 Å². The first-order valence-electron chi connectivity index (χ1n) is 29.9. The zero-order chi connectivity index (χ0) is 62.4. The van der Waals surface area contributed by atoms with Crippen LogP contribution in [0.5, 0.6) is 0 Å². The molecule has 7 amide bonds. The normalized spacial score (nSPS) is 18.4. The minimum Gasteiger partial charge on any atom is -0.481 e. The number of carbonyl (C=O) groups is 9. The topological polar surface area (TPSA) is 295 Å². The van der Waals surface area contributed by atoms with Gasteiger partial charge < -0.3 is 45.9 Å². The molecular weight excluding hydrogens is 1100 g/mol. The lowest BCUT2D eigenvalue weighted by Crippen LogP contribution is -2.59. The van der Waals surface area contributed by atoms with Crippen molar-refractivity contribution in [3.63, 3.8) is 0 Å². The number of nitrogens with one attached hydrogen (secondary N) is 5. The van der Waals surface area contributed by atoms with E-state index in [9.17, 15) is 53.4 Å². The molecule has 0 radical (unpaired) electrons. The zero-order valence-corrected chi connectivity index (χ0v) is 52.3. The van der Waals surface area contributed by atoms with Crippen LogP contribution in [0, 0.1) is 23.7 Å². The maximum absolute atomic E-state index is 14.7. The predicted octanol–water partition coefficient (Wildman–Crippen LogP) is 7.12. The summed E-state index contributed by atoms with van der Waals surface area (Å²) in [6.07, 6.45) is 6.11. The van der Waals surface area contributed by atoms with Gasteiger partial charge in [-0.15, -0.1) is 11.3 Å². The third-order valence-electron chi connectivity index (χ3n) is 15.5. The van der Waals surface area contributed by atoms with Crippen molar-refractivity contribution in [1.29, 1.82) is 0 Å². The van der Waals surface area contributed by atoms with Crippen LogP contribution in [0.2, 0.25) is 0 Å². The average Bonchev–Trinajstić information content (AvgIpc) is 3.69. The molecule has 1 aromatic carbocycles. The average molecular weight is 1190 g/mol. The summed E-state index contributed by atoms with van der Waals surface area (Å²) in [6.45, 7) is 21.7. The third-order valence-corrected chi connectivity index (χ3v) is 16.4. The molecule has 0 spiro atoms. The number of nitrogens with zero attached hydrogens (tertiary/aromatic N) is 4. The number of alkyl carbamates (subject to hydrolysis) is 1. The number of carboxylic acid groups (broad SMARTS) is 1. The van der Waals surface area contributed by atoms with Gasteiger partial charge in [0.05, 0.1) is 18.0 Å². The molecule has 7 N–H and O–H groups in total. The quantitative estimate of drug-likeness (QED) is 0.0159. The lowest BCUT2D eigenvalue weighted by atomic mass is 9.90. The van der Waals surface area contributed by atoms with Gasteiger partial charge in [-0.2, -0.15) is 0 Å². The Balaban J connectivity index is 1.46. The van der Waals surface area contributed by atoms with Crippen LogP contribution in [0.1, 0.15) is 180 Å². The molecule has 0 saturated carbocycles. The summed E-state index contributed by atoms with van der Waals surface area (Å²) in [5, 5.41) is 37.6. The summed E-state index contributed by atoms with van der Waals surface area (Å²) in [7, 11) is 1.93. The fourth-order valence-corrected chi connectivity index (χ4v) is 11.2. The molecular formula is C61H95N9O13S. The Morgan fingerprint density at radius 1 is 0.905 bits per heavy atom. The largest absolute Gasteiger partial charge is 0.481 e. The van der Waals surface area contributed by atoms with Crippen molar-refractivity contribution < 1.29 is 62.8 Å². The van der Waals surface area contributed by atoms with E-state index in [-0.39, 0.29) is 73.0 Å². The zero-order valence-electron chi connectivity index (χ0n) is 51.5. The predicted molar refractivity (Wildman–Crippen MR) is 320 cm³/mol. The van der Waals surface area contributed by atoms with Crippen LogP contribution in [-0.4, -0.2) is 159 Å². The van der Waals surface area contributed by atoms with Gasteiger partial charge in [-0.1, -0.05) is 66.5 Å². The monoisotopic (exact) mass is 1190 g/mol. The molecule has 1 saturated heterocycles. The second kappa shape index (κ2) is 34.0. The van der Waals surface area contributed by atoms with Crippen molar-refractivity contribution in [2.24, 2.45) is 23.7 Å². The number of piperidine rings is 1. The minimum absolute atomic E-state index is 0.0301. The fraction of sp³-hybridized carbons (Fsp3) is 0.672. The van der Waals surface area contributed by atoms with Gasteiger partial charge in [0.1, 0.15) is 28.6 Å². The van der Waals surface area contributed by atoms with Gasteiger partial charge in [0.15, 0.2) is 6.10 Å². The first-order valence-corrected chi connectivity index (χ1v) is 30.8. The third kappa shape index (κ3) is 22.9. The van der Waals surface area contributed by atoms with Crippen LogP contribution in [0.15, 0.2) is 41.8 Å². The number of likely N-dealkylation sites (tertiary alicyclic amines) is 1. The van der Waals surface area contributed by atoms with Crippen molar-refractivity contribution in [2.45, 2.75) is 208 Å². The van der Waals surface area contributed by atoms with E-state index in [1.807, 2.05) is 46.6 Å². The lowest BCUT2D eigenvalue weighted by molar-refractivity contribution is -0.150. The molecule has 1 unspecified atom stereocenters. The molecule has 468 valence electrons. The second-order valence-electron chi connectivity index (χ2n) is 24.0. The number of aliphatic hydroxyl groups is 1. The number of carbonyl (C=O) groups excluding carboxylic acids is 8. The minimum atomic E-state index is -1.05. The highest BCUT2D eigenvalue weighted by Crippen LogP contribution is 2.32. The maximum atomic E-state index is 14.7. The number of rotatable bonds is 34. The molecule has 23 heteroatoms. The Morgan fingerprint density at radius 3 is 2.18 bits per heavy atom. The number of likely N-dealkylation sites (N-methyl/N-ethyl adjacent to an activating group) is 2. The summed E-state index contributed by atoms with van der Waals surface area (Å²) < 4.78 is 11.2. The van der Waals surface area contributed by atoms with E-state index in [0.29, 0.717) is 87.5 Å². The van der Waals surface area contributed by atoms with Crippen LogP contribution in [0.4, 0.5) is 10.5 Å². The Hall–Kier alpha value is -6.30. The van der Waals surface area contributed by atoms with E-state index < -0.39 is 77.9 Å². The number of carboxylic acids is 1. The van der Waals surface area contributed by atoms with Crippen molar-refractivity contribution in [2.75, 3.05) is 38.5 Å².